The highest BCUT2D eigenvalue weighted by atomic mass is 19.4. The number of amides is 1. The quantitative estimate of drug-likeness (QED) is 0.652. The molecule has 3 fully saturated rings. The highest BCUT2D eigenvalue weighted by Gasteiger charge is 2.42. The largest absolute Gasteiger partial charge is 0.397 e. The molecule has 29 heavy (non-hydrogen) atoms. The minimum Gasteiger partial charge on any atom is -0.397 e. The summed E-state index contributed by atoms with van der Waals surface area (Å²) in [4.78, 5) is 15.4. The van der Waals surface area contributed by atoms with Gasteiger partial charge in [-0.2, -0.15) is 13.2 Å². The van der Waals surface area contributed by atoms with Gasteiger partial charge in [0.2, 0.25) is 0 Å². The number of nitrogens with zero attached hydrogens (tertiary/aromatic N) is 1. The number of fused-ring (bicyclic) bond motifs is 2. The van der Waals surface area contributed by atoms with Gasteiger partial charge < -0.3 is 21.3 Å². The Morgan fingerprint density at radius 3 is 2.41 bits per heavy atom. The highest BCUT2D eigenvalue weighted by Crippen LogP contribution is 2.43. The van der Waals surface area contributed by atoms with Gasteiger partial charge in [0.25, 0.3) is 5.91 Å². The van der Waals surface area contributed by atoms with Gasteiger partial charge in [0.05, 0.1) is 28.5 Å². The van der Waals surface area contributed by atoms with E-state index in [-0.39, 0.29) is 24.8 Å². The lowest BCUT2D eigenvalue weighted by Gasteiger charge is -2.33. The normalized spacial score (nSPS) is 29.2. The van der Waals surface area contributed by atoms with Crippen molar-refractivity contribution in [1.29, 1.82) is 0 Å². The van der Waals surface area contributed by atoms with Gasteiger partial charge in [-0.3, -0.25) is 4.79 Å². The smallest absolute Gasteiger partial charge is 0.391 e. The van der Waals surface area contributed by atoms with E-state index in [4.69, 9.17) is 5.73 Å². The summed E-state index contributed by atoms with van der Waals surface area (Å²) in [7, 11) is 1.80. The summed E-state index contributed by atoms with van der Waals surface area (Å²) in [5.74, 6) is -0.825. The number of alkyl halides is 3. The fourth-order valence-electron chi connectivity index (χ4n) is 5.29. The first-order chi connectivity index (χ1) is 13.8. The number of nitrogens with two attached hydrogens (primary N) is 1. The van der Waals surface area contributed by atoms with Crippen molar-refractivity contribution in [3.8, 4) is 0 Å². The third kappa shape index (κ3) is 3.98. The van der Waals surface area contributed by atoms with Gasteiger partial charge in [-0.15, -0.1) is 0 Å². The molecule has 2 unspecified atom stereocenters. The molecule has 0 aromatic heterocycles. The van der Waals surface area contributed by atoms with Crippen LogP contribution in [0.4, 0.5) is 30.2 Å². The average Bonchev–Trinajstić information content (AvgIpc) is 3.31. The molecule has 4 N–H and O–H groups in total. The zero-order valence-electron chi connectivity index (χ0n) is 16.7. The molecule has 1 aromatic rings. The number of hydrogen-bond donors (Lipinski definition) is 3. The first-order valence-electron chi connectivity index (χ1n) is 10.5. The Hall–Kier alpha value is -2.12. The average molecular weight is 410 g/mol. The van der Waals surface area contributed by atoms with Gasteiger partial charge in [0.1, 0.15) is 0 Å². The highest BCUT2D eigenvalue weighted by molar-refractivity contribution is 6.02. The molecule has 2 bridgehead atoms. The number of carbonyl (C=O) groups excluding carboxylic acids is 1. The van der Waals surface area contributed by atoms with Crippen LogP contribution in [0, 0.1) is 11.8 Å². The number of halogens is 3. The molecule has 0 spiro atoms. The fraction of sp³-hybridized carbons (Fsp3) is 0.667. The van der Waals surface area contributed by atoms with E-state index in [1.54, 1.807) is 13.1 Å². The Balaban J connectivity index is 1.51. The van der Waals surface area contributed by atoms with Crippen LogP contribution in [0.3, 0.4) is 0 Å². The predicted octanol–water partition coefficient (Wildman–Crippen LogP) is 4.15. The second-order valence-corrected chi connectivity index (χ2v) is 8.76. The van der Waals surface area contributed by atoms with Crippen LogP contribution in [0.1, 0.15) is 55.3 Å². The second-order valence-electron chi connectivity index (χ2n) is 8.76. The molecule has 2 aliphatic carbocycles. The summed E-state index contributed by atoms with van der Waals surface area (Å²) in [6.45, 7) is 0.939. The summed E-state index contributed by atoms with van der Waals surface area (Å²) >= 11 is 0. The molecule has 1 aromatic carbocycles. The first kappa shape index (κ1) is 20.2. The van der Waals surface area contributed by atoms with E-state index in [0.717, 1.165) is 30.8 Å². The van der Waals surface area contributed by atoms with Gasteiger partial charge in [0.15, 0.2) is 0 Å². The van der Waals surface area contributed by atoms with Crippen LogP contribution < -0.4 is 21.3 Å². The minimum atomic E-state index is -4.14. The maximum Gasteiger partial charge on any atom is 0.391 e. The molecule has 1 heterocycles. The molecule has 4 rings (SSSR count). The maximum absolute atomic E-state index is 13.1. The predicted molar refractivity (Wildman–Crippen MR) is 108 cm³/mol. The van der Waals surface area contributed by atoms with Crippen molar-refractivity contribution in [1.82, 2.24) is 5.32 Å². The van der Waals surface area contributed by atoms with Crippen molar-refractivity contribution < 1.29 is 18.0 Å². The molecule has 160 valence electrons. The fourth-order valence-corrected chi connectivity index (χ4v) is 5.29. The van der Waals surface area contributed by atoms with E-state index in [2.05, 4.69) is 15.5 Å². The lowest BCUT2D eigenvalue weighted by atomic mass is 9.85. The van der Waals surface area contributed by atoms with Gasteiger partial charge >= 0.3 is 6.18 Å². The number of nitrogens with one attached hydrogen (secondary N) is 2. The Morgan fingerprint density at radius 1 is 1.14 bits per heavy atom. The molecule has 1 aliphatic heterocycles. The lowest BCUT2D eigenvalue weighted by molar-refractivity contribution is -0.182. The SMILES string of the molecule is CNc1cc(N2CC3CCC2C3)c(C(=O)N[C@H]2CC[C@H](C(F)(F)F)CC2)cc1N. The summed E-state index contributed by atoms with van der Waals surface area (Å²) in [5, 5.41) is 6.05. The molecular weight excluding hydrogens is 381 g/mol. The standard InChI is InChI=1S/C21H29F3N4O/c1-26-18-10-19(28-11-12-2-7-15(28)8-12)16(9-17(18)25)20(29)27-14-5-3-13(4-6-14)21(22,23)24/h9-10,12-15,26H,2-8,11,25H2,1H3,(H,27,29)/t12?,13-,14-,15?. The van der Waals surface area contributed by atoms with Crippen LogP contribution in [0.15, 0.2) is 12.1 Å². The summed E-state index contributed by atoms with van der Waals surface area (Å²) in [6.07, 6.45) is 0.214. The molecule has 2 saturated carbocycles. The van der Waals surface area contributed by atoms with Gasteiger partial charge in [-0.1, -0.05) is 0 Å². The summed E-state index contributed by atoms with van der Waals surface area (Å²) in [6, 6.07) is 3.85. The molecule has 1 amide bonds. The Kier molecular flexibility index (Phi) is 5.29. The van der Waals surface area contributed by atoms with Gasteiger partial charge in [-0.05, 0) is 63.0 Å². The van der Waals surface area contributed by atoms with Crippen molar-refractivity contribution >= 4 is 23.0 Å². The van der Waals surface area contributed by atoms with Crippen LogP contribution in [0.5, 0.6) is 0 Å². The van der Waals surface area contributed by atoms with Crippen LogP contribution in [0.2, 0.25) is 0 Å². The van der Waals surface area contributed by atoms with Crippen LogP contribution in [0.25, 0.3) is 0 Å². The number of anilines is 3. The molecule has 3 aliphatic rings. The number of carbonyl (C=O) groups is 1. The Morgan fingerprint density at radius 2 is 1.86 bits per heavy atom. The minimum absolute atomic E-state index is 0.0675. The number of piperidine rings is 1. The van der Waals surface area contributed by atoms with E-state index < -0.39 is 12.1 Å². The Labute approximate surface area is 169 Å². The zero-order valence-corrected chi connectivity index (χ0v) is 16.7. The lowest BCUT2D eigenvalue weighted by Crippen LogP contribution is -2.41. The van der Waals surface area contributed by atoms with Gasteiger partial charge in [-0.25, -0.2) is 0 Å². The van der Waals surface area contributed by atoms with Crippen LogP contribution in [-0.4, -0.2) is 37.8 Å². The Bertz CT molecular complexity index is 774. The van der Waals surface area contributed by atoms with E-state index in [0.29, 0.717) is 36.1 Å². The molecule has 2 atom stereocenters. The summed E-state index contributed by atoms with van der Waals surface area (Å²) < 4.78 is 38.7. The number of nitrogen functional groups attached to an aromatic ring is 1. The first-order valence-corrected chi connectivity index (χ1v) is 10.5. The molecule has 8 heteroatoms. The van der Waals surface area contributed by atoms with E-state index in [1.165, 1.54) is 6.42 Å². The monoisotopic (exact) mass is 410 g/mol. The topological polar surface area (TPSA) is 70.4 Å². The molecule has 1 saturated heterocycles. The van der Waals surface area contributed by atoms with Crippen molar-refractivity contribution in [2.75, 3.05) is 29.5 Å². The van der Waals surface area contributed by atoms with Crippen molar-refractivity contribution in [3.63, 3.8) is 0 Å². The van der Waals surface area contributed by atoms with Crippen molar-refractivity contribution in [2.24, 2.45) is 11.8 Å². The van der Waals surface area contributed by atoms with E-state index >= 15 is 0 Å². The molecule has 0 radical (unpaired) electrons. The molecule has 5 nitrogen and oxygen atoms in total. The van der Waals surface area contributed by atoms with Crippen LogP contribution in [-0.2, 0) is 0 Å². The van der Waals surface area contributed by atoms with E-state index in [1.807, 2.05) is 6.07 Å². The van der Waals surface area contributed by atoms with Crippen molar-refractivity contribution in [2.45, 2.75) is 63.2 Å². The summed E-state index contributed by atoms with van der Waals surface area (Å²) in [5.41, 5.74) is 8.79. The third-order valence-corrected chi connectivity index (χ3v) is 6.93. The zero-order chi connectivity index (χ0) is 20.8. The van der Waals surface area contributed by atoms with E-state index in [9.17, 15) is 18.0 Å². The number of benzene rings is 1. The number of hydrogen-bond acceptors (Lipinski definition) is 4. The molecular formula is C21H29F3N4O. The third-order valence-electron chi connectivity index (χ3n) is 6.93. The van der Waals surface area contributed by atoms with Crippen LogP contribution >= 0.6 is 0 Å². The number of rotatable bonds is 4. The van der Waals surface area contributed by atoms with Crippen molar-refractivity contribution in [3.05, 3.63) is 17.7 Å². The van der Waals surface area contributed by atoms with Gasteiger partial charge in [0, 0.05) is 25.7 Å². The second kappa shape index (κ2) is 7.61. The maximum atomic E-state index is 13.1.